The zero-order valence-corrected chi connectivity index (χ0v) is 15.1. The van der Waals surface area contributed by atoms with Gasteiger partial charge in [-0.1, -0.05) is 36.4 Å². The maximum atomic E-state index is 12.1. The second-order valence-corrected chi connectivity index (χ2v) is 6.37. The zero-order valence-electron chi connectivity index (χ0n) is 15.1. The number of rotatable bonds is 6. The molecule has 4 aromatic rings. The molecule has 0 saturated heterocycles. The van der Waals surface area contributed by atoms with Crippen LogP contribution in [0.4, 0.5) is 0 Å². The Balaban J connectivity index is 1.35. The molecule has 0 aliphatic heterocycles. The van der Waals surface area contributed by atoms with Crippen molar-refractivity contribution in [3.63, 3.8) is 0 Å². The number of hydrogen-bond donors (Lipinski definition) is 0. The number of ether oxygens (including phenoxy) is 1. The van der Waals surface area contributed by atoms with E-state index in [1.165, 1.54) is 0 Å². The lowest BCUT2D eigenvalue weighted by Gasteiger charge is -2.06. The first-order valence-electron chi connectivity index (χ1n) is 8.92. The quantitative estimate of drug-likeness (QED) is 0.466. The Kier molecular flexibility index (Phi) is 4.75. The van der Waals surface area contributed by atoms with Gasteiger partial charge in [-0.2, -0.15) is 0 Å². The Morgan fingerprint density at radius 3 is 2.70 bits per heavy atom. The van der Waals surface area contributed by atoms with Crippen LogP contribution in [0.3, 0.4) is 0 Å². The Hall–Kier alpha value is -3.34. The number of carbonyl (C=O) groups excluding carboxylic acids is 1. The molecule has 0 spiro atoms. The van der Waals surface area contributed by atoms with E-state index in [0.29, 0.717) is 30.3 Å². The number of nitrogens with zero attached hydrogens (tertiary/aromatic N) is 2. The molecular weight excluding hydrogens is 340 g/mol. The van der Waals surface area contributed by atoms with E-state index in [0.717, 1.165) is 16.5 Å². The zero-order chi connectivity index (χ0) is 18.6. The summed E-state index contributed by atoms with van der Waals surface area (Å²) in [4.78, 5) is 16.6. The van der Waals surface area contributed by atoms with Crippen molar-refractivity contribution in [3.05, 3.63) is 78.3 Å². The summed E-state index contributed by atoms with van der Waals surface area (Å²) < 4.78 is 13.1. The summed E-state index contributed by atoms with van der Waals surface area (Å²) >= 11 is 0. The summed E-state index contributed by atoms with van der Waals surface area (Å²) in [6.45, 7) is 2.53. The summed E-state index contributed by atoms with van der Waals surface area (Å²) in [5.74, 6) is 0.951. The third kappa shape index (κ3) is 3.77. The summed E-state index contributed by atoms with van der Waals surface area (Å²) in [7, 11) is 0. The molecule has 5 nitrogen and oxygen atoms in total. The highest BCUT2D eigenvalue weighted by Gasteiger charge is 2.13. The van der Waals surface area contributed by atoms with Gasteiger partial charge in [0.25, 0.3) is 0 Å². The van der Waals surface area contributed by atoms with Gasteiger partial charge in [0.05, 0.1) is 6.42 Å². The SMILES string of the molecule is Cc1oc(-c2ccccc2)nc1COC(=O)CCn1ccc2ccccc21. The van der Waals surface area contributed by atoms with Crippen LogP contribution >= 0.6 is 0 Å². The van der Waals surface area contributed by atoms with Gasteiger partial charge in [-0.3, -0.25) is 4.79 Å². The third-order valence-electron chi connectivity index (χ3n) is 4.52. The van der Waals surface area contributed by atoms with Crippen molar-refractivity contribution < 1.29 is 13.9 Å². The topological polar surface area (TPSA) is 57.3 Å². The van der Waals surface area contributed by atoms with E-state index in [2.05, 4.69) is 15.6 Å². The van der Waals surface area contributed by atoms with Crippen molar-refractivity contribution in [2.75, 3.05) is 0 Å². The molecule has 0 radical (unpaired) electrons. The fourth-order valence-corrected chi connectivity index (χ4v) is 3.03. The Labute approximate surface area is 157 Å². The van der Waals surface area contributed by atoms with E-state index in [1.54, 1.807) is 0 Å². The first-order chi connectivity index (χ1) is 13.2. The number of fused-ring (bicyclic) bond motifs is 1. The van der Waals surface area contributed by atoms with E-state index < -0.39 is 0 Å². The van der Waals surface area contributed by atoms with Crippen molar-refractivity contribution in [3.8, 4) is 11.5 Å². The van der Waals surface area contributed by atoms with Crippen molar-refractivity contribution >= 4 is 16.9 Å². The standard InChI is InChI=1S/C22H20N2O3/c1-16-19(23-22(27-16)18-8-3-2-4-9-18)15-26-21(25)12-14-24-13-11-17-7-5-6-10-20(17)24/h2-11,13H,12,14-15H2,1H3. The van der Waals surface area contributed by atoms with Crippen molar-refractivity contribution in [2.45, 2.75) is 26.5 Å². The maximum Gasteiger partial charge on any atom is 0.307 e. The lowest BCUT2D eigenvalue weighted by molar-refractivity contribution is -0.145. The number of benzene rings is 2. The highest BCUT2D eigenvalue weighted by atomic mass is 16.5. The number of aromatic nitrogens is 2. The van der Waals surface area contributed by atoms with Crippen LogP contribution in [0.1, 0.15) is 17.9 Å². The minimum atomic E-state index is -0.253. The number of carbonyl (C=O) groups is 1. The minimum absolute atomic E-state index is 0.118. The van der Waals surface area contributed by atoms with E-state index in [9.17, 15) is 4.79 Å². The van der Waals surface area contributed by atoms with Gasteiger partial charge in [0.15, 0.2) is 0 Å². The largest absolute Gasteiger partial charge is 0.459 e. The van der Waals surface area contributed by atoms with E-state index in [4.69, 9.17) is 9.15 Å². The van der Waals surface area contributed by atoms with Gasteiger partial charge in [0.2, 0.25) is 5.89 Å². The first-order valence-corrected chi connectivity index (χ1v) is 8.92. The summed E-state index contributed by atoms with van der Waals surface area (Å²) in [6, 6.07) is 19.8. The van der Waals surface area contributed by atoms with Crippen LogP contribution in [0.2, 0.25) is 0 Å². The number of oxazole rings is 1. The fourth-order valence-electron chi connectivity index (χ4n) is 3.03. The molecule has 0 aliphatic carbocycles. The molecule has 2 aromatic heterocycles. The van der Waals surface area contributed by atoms with E-state index in [1.807, 2.05) is 67.7 Å². The summed E-state index contributed by atoms with van der Waals surface area (Å²) in [6.07, 6.45) is 2.30. The monoisotopic (exact) mass is 360 g/mol. The molecule has 0 atom stereocenters. The molecule has 0 amide bonds. The molecule has 0 unspecified atom stereocenters. The number of esters is 1. The molecule has 136 valence electrons. The Morgan fingerprint density at radius 2 is 1.85 bits per heavy atom. The molecule has 5 heteroatoms. The van der Waals surface area contributed by atoms with Gasteiger partial charge in [0.1, 0.15) is 18.1 Å². The molecular formula is C22H20N2O3. The molecule has 2 aromatic carbocycles. The van der Waals surface area contributed by atoms with E-state index >= 15 is 0 Å². The first kappa shape index (κ1) is 17.1. The lowest BCUT2D eigenvalue weighted by atomic mass is 10.2. The van der Waals surface area contributed by atoms with Gasteiger partial charge in [0, 0.05) is 23.8 Å². The van der Waals surface area contributed by atoms with Crippen LogP contribution in [-0.4, -0.2) is 15.5 Å². The molecule has 0 N–H and O–H groups in total. The average molecular weight is 360 g/mol. The number of para-hydroxylation sites is 1. The van der Waals surface area contributed by atoms with Crippen molar-refractivity contribution in [1.29, 1.82) is 0 Å². The van der Waals surface area contributed by atoms with Crippen LogP contribution in [0, 0.1) is 6.92 Å². The smallest absolute Gasteiger partial charge is 0.307 e. The fraction of sp³-hybridized carbons (Fsp3) is 0.182. The molecule has 0 aliphatic rings. The molecule has 27 heavy (non-hydrogen) atoms. The molecule has 2 heterocycles. The summed E-state index contributed by atoms with van der Waals surface area (Å²) in [5.41, 5.74) is 2.66. The molecule has 0 fully saturated rings. The predicted octanol–water partition coefficient (Wildman–Crippen LogP) is 4.74. The van der Waals surface area contributed by atoms with Crippen molar-refractivity contribution in [1.82, 2.24) is 9.55 Å². The van der Waals surface area contributed by atoms with Crippen LogP contribution < -0.4 is 0 Å². The Morgan fingerprint density at radius 1 is 1.07 bits per heavy atom. The average Bonchev–Trinajstić information content (AvgIpc) is 3.29. The minimum Gasteiger partial charge on any atom is -0.459 e. The Bertz CT molecular complexity index is 1060. The molecule has 0 bridgehead atoms. The van der Waals surface area contributed by atoms with Gasteiger partial charge in [-0.05, 0) is 36.6 Å². The third-order valence-corrected chi connectivity index (χ3v) is 4.52. The van der Waals surface area contributed by atoms with Crippen LogP contribution in [0.25, 0.3) is 22.4 Å². The molecule has 0 saturated carbocycles. The van der Waals surface area contributed by atoms with Crippen molar-refractivity contribution in [2.24, 2.45) is 0 Å². The number of hydrogen-bond acceptors (Lipinski definition) is 4. The molecule has 4 rings (SSSR count). The van der Waals surface area contributed by atoms with E-state index in [-0.39, 0.29) is 12.6 Å². The van der Waals surface area contributed by atoms with Crippen LogP contribution in [-0.2, 0) is 22.7 Å². The number of aryl methyl sites for hydroxylation is 2. The predicted molar refractivity (Wildman–Crippen MR) is 103 cm³/mol. The highest BCUT2D eigenvalue weighted by Crippen LogP contribution is 2.22. The summed E-state index contributed by atoms with van der Waals surface area (Å²) in [5, 5.41) is 1.16. The van der Waals surface area contributed by atoms with Gasteiger partial charge in [-0.15, -0.1) is 0 Å². The van der Waals surface area contributed by atoms with Crippen LogP contribution in [0.15, 0.2) is 71.3 Å². The van der Waals surface area contributed by atoms with Gasteiger partial charge >= 0.3 is 5.97 Å². The maximum absolute atomic E-state index is 12.1. The highest BCUT2D eigenvalue weighted by molar-refractivity contribution is 5.80. The second-order valence-electron chi connectivity index (χ2n) is 6.37. The van der Waals surface area contributed by atoms with Gasteiger partial charge in [-0.25, -0.2) is 4.98 Å². The van der Waals surface area contributed by atoms with Gasteiger partial charge < -0.3 is 13.7 Å². The normalized spacial score (nSPS) is 11.0. The van der Waals surface area contributed by atoms with Crippen LogP contribution in [0.5, 0.6) is 0 Å². The lowest BCUT2D eigenvalue weighted by Crippen LogP contribution is -2.09. The second kappa shape index (κ2) is 7.50.